The van der Waals surface area contributed by atoms with Crippen LogP contribution in [0.25, 0.3) is 11.6 Å². The lowest BCUT2D eigenvalue weighted by Crippen LogP contribution is -2.46. The molecule has 1 aliphatic carbocycles. The number of benzene rings is 1. The van der Waals surface area contributed by atoms with Gasteiger partial charge >= 0.3 is 0 Å². The maximum atomic E-state index is 9.98. The van der Waals surface area contributed by atoms with Crippen molar-refractivity contribution in [3.8, 4) is 0 Å². The van der Waals surface area contributed by atoms with E-state index < -0.39 is 10.8 Å². The molecule has 2 aromatic rings. The van der Waals surface area contributed by atoms with E-state index in [1.54, 1.807) is 12.2 Å². The number of likely N-dealkylation sites (N-methyl/N-ethyl adjacent to an activating group) is 1. The monoisotopic (exact) mass is 508 g/mol. The number of nitrogens with zero attached hydrogens (tertiary/aromatic N) is 4. The van der Waals surface area contributed by atoms with Gasteiger partial charge in [0.1, 0.15) is 0 Å². The third-order valence-electron chi connectivity index (χ3n) is 6.66. The van der Waals surface area contributed by atoms with Gasteiger partial charge < -0.3 is 15.1 Å². The first-order valence-electron chi connectivity index (χ1n) is 12.2. The Morgan fingerprint density at radius 3 is 2.67 bits per heavy atom. The van der Waals surface area contributed by atoms with Gasteiger partial charge in [-0.2, -0.15) is 0 Å². The largest absolute Gasteiger partial charge is 0.369 e. The molecular weight excluding hydrogens is 472 g/mol. The number of hydrogen-bond donors (Lipinski definition) is 4. The summed E-state index contributed by atoms with van der Waals surface area (Å²) in [5.41, 5.74) is 3.90. The van der Waals surface area contributed by atoms with E-state index in [1.807, 2.05) is 12.3 Å². The van der Waals surface area contributed by atoms with E-state index in [9.17, 15) is 9.11 Å². The molecule has 0 atom stereocenters. The van der Waals surface area contributed by atoms with Gasteiger partial charge in [-0.05, 0) is 54.8 Å². The lowest BCUT2D eigenvalue weighted by atomic mass is 9.97. The van der Waals surface area contributed by atoms with Crippen LogP contribution in [0.5, 0.6) is 0 Å². The quantitative estimate of drug-likeness (QED) is 0.382. The smallest absolute Gasteiger partial charge is 0.227 e. The van der Waals surface area contributed by atoms with Crippen LogP contribution in [0.4, 0.5) is 17.3 Å². The van der Waals surface area contributed by atoms with Crippen LogP contribution in [0.15, 0.2) is 66.3 Å². The topological polar surface area (TPSA) is 96.8 Å². The van der Waals surface area contributed by atoms with Gasteiger partial charge in [0.05, 0.1) is 10.3 Å². The minimum absolute atomic E-state index is 0.204. The molecule has 2 aliphatic rings. The minimum Gasteiger partial charge on any atom is -0.369 e. The highest BCUT2D eigenvalue weighted by molar-refractivity contribution is 8.26. The van der Waals surface area contributed by atoms with Crippen molar-refractivity contribution in [2.75, 3.05) is 50.0 Å². The van der Waals surface area contributed by atoms with Gasteiger partial charge in [0.15, 0.2) is 0 Å². The molecule has 1 aromatic carbocycles. The zero-order chi connectivity index (χ0) is 25.7. The van der Waals surface area contributed by atoms with Crippen molar-refractivity contribution < 1.29 is 9.11 Å². The van der Waals surface area contributed by atoms with Crippen LogP contribution in [-0.4, -0.2) is 63.7 Å². The van der Waals surface area contributed by atoms with Gasteiger partial charge in [-0.1, -0.05) is 38.3 Å². The summed E-state index contributed by atoms with van der Waals surface area (Å²) in [6.45, 7) is 15.5. The fourth-order valence-corrected chi connectivity index (χ4v) is 4.92. The first-order valence-corrected chi connectivity index (χ1v) is 13.8. The van der Waals surface area contributed by atoms with E-state index in [-0.39, 0.29) is 4.91 Å². The fraction of sp³-hybridized carbons (Fsp3) is 0.333. The molecule has 2 heterocycles. The van der Waals surface area contributed by atoms with Crippen LogP contribution in [0.3, 0.4) is 0 Å². The van der Waals surface area contributed by atoms with Gasteiger partial charge in [-0.15, -0.1) is 10.8 Å². The van der Waals surface area contributed by atoms with Crippen molar-refractivity contribution >= 4 is 39.7 Å². The highest BCUT2D eigenvalue weighted by Crippen LogP contribution is 2.42. The maximum absolute atomic E-state index is 9.98. The summed E-state index contributed by atoms with van der Waals surface area (Å²) in [5, 5.41) is 5.18. The van der Waals surface area contributed by atoms with Crippen molar-refractivity contribution in [1.82, 2.24) is 19.6 Å². The Kier molecular flexibility index (Phi) is 8.28. The number of rotatable bonds is 9. The van der Waals surface area contributed by atoms with E-state index in [2.05, 4.69) is 69.2 Å². The van der Waals surface area contributed by atoms with E-state index in [0.717, 1.165) is 73.0 Å². The highest BCUT2D eigenvalue weighted by Gasteiger charge is 2.16. The summed E-state index contributed by atoms with van der Waals surface area (Å²) in [4.78, 5) is 14.5. The third-order valence-corrected chi connectivity index (χ3v) is 8.09. The zero-order valence-electron chi connectivity index (χ0n) is 21.1. The van der Waals surface area contributed by atoms with Crippen molar-refractivity contribution in [1.29, 1.82) is 0 Å². The van der Waals surface area contributed by atoms with Crippen LogP contribution >= 0.6 is 10.8 Å². The number of fused-ring (bicyclic) bond motifs is 1. The number of allylic oxidation sites excluding steroid dienone is 3. The first-order chi connectivity index (χ1) is 17.3. The molecule has 1 saturated heterocycles. The summed E-state index contributed by atoms with van der Waals surface area (Å²) in [5.74, 6) is 0.528. The number of hydrogen-bond acceptors (Lipinski definition) is 8. The molecule has 0 saturated carbocycles. The zero-order valence-corrected chi connectivity index (χ0v) is 21.9. The Labute approximate surface area is 214 Å². The summed E-state index contributed by atoms with van der Waals surface area (Å²) in [6, 6.07) is 8.38. The van der Waals surface area contributed by atoms with Crippen LogP contribution < -0.4 is 25.5 Å². The van der Waals surface area contributed by atoms with Gasteiger partial charge in [-0.3, -0.25) is 9.11 Å². The molecule has 0 spiro atoms. The summed E-state index contributed by atoms with van der Waals surface area (Å²) in [6.07, 6.45) is 8.98. The first kappa shape index (κ1) is 26.1. The highest BCUT2D eigenvalue weighted by atomic mass is 32.3. The number of nitrogens with one attached hydrogen (secondary N) is 2. The molecule has 0 unspecified atom stereocenters. The average Bonchev–Trinajstić information content (AvgIpc) is 2.91. The summed E-state index contributed by atoms with van der Waals surface area (Å²) < 4.78 is 22.4. The molecule has 9 heteroatoms. The van der Waals surface area contributed by atoms with Crippen molar-refractivity contribution in [2.45, 2.75) is 19.8 Å². The van der Waals surface area contributed by atoms with Crippen molar-refractivity contribution in [3.05, 3.63) is 76.8 Å². The Bertz CT molecular complexity index is 1280. The van der Waals surface area contributed by atoms with Crippen LogP contribution in [0, 0.1) is 0 Å². The third kappa shape index (κ3) is 6.05. The predicted molar refractivity (Wildman–Crippen MR) is 152 cm³/mol. The second kappa shape index (κ2) is 11.4. The molecule has 4 N–H and O–H groups in total. The average molecular weight is 509 g/mol. The van der Waals surface area contributed by atoms with Crippen LogP contribution in [0.1, 0.15) is 19.8 Å². The van der Waals surface area contributed by atoms with Crippen molar-refractivity contribution in [2.24, 2.45) is 0 Å². The molecule has 1 aromatic heterocycles. The summed E-state index contributed by atoms with van der Waals surface area (Å²) in [7, 11) is -1.59. The van der Waals surface area contributed by atoms with Gasteiger partial charge in [0.25, 0.3) is 0 Å². The number of piperazine rings is 1. The predicted octanol–water partition coefficient (Wildman–Crippen LogP) is 3.60. The Balaban J connectivity index is 1.56. The molecule has 1 aliphatic heterocycles. The summed E-state index contributed by atoms with van der Waals surface area (Å²) >= 11 is 0. The second-order valence-corrected chi connectivity index (χ2v) is 10.9. The lowest BCUT2D eigenvalue weighted by Gasteiger charge is -2.35. The number of anilines is 3. The standard InChI is InChI=1S/C27H36N6O2S/c1-5-32-14-16-33(17-15-32)24-10-7-9-23(18-24)30-27-29-19-22-8-6-11-25(26(22)31-27)20(2)12-13-21(3)36(34,35)28-4/h7-10,12-13,18-19,28,34-35H,2-3,5-6,11,14-17H2,1,4H3,(H,30,31)/b13-12-. The van der Waals surface area contributed by atoms with Crippen LogP contribution in [-0.2, 0) is 0 Å². The molecule has 8 nitrogen and oxygen atoms in total. The Morgan fingerprint density at radius 1 is 1.17 bits per heavy atom. The van der Waals surface area contributed by atoms with E-state index >= 15 is 0 Å². The number of aromatic nitrogens is 2. The fourth-order valence-electron chi connectivity index (χ4n) is 4.40. The van der Waals surface area contributed by atoms with E-state index in [4.69, 9.17) is 4.98 Å². The van der Waals surface area contributed by atoms with E-state index in [0.29, 0.717) is 5.95 Å². The second-order valence-electron chi connectivity index (χ2n) is 8.89. The minimum atomic E-state index is -3.07. The van der Waals surface area contributed by atoms with E-state index in [1.165, 1.54) is 12.7 Å². The molecular formula is C27H36N6O2S. The molecule has 192 valence electrons. The molecule has 0 amide bonds. The molecule has 1 fully saturated rings. The van der Waals surface area contributed by atoms with Gasteiger partial charge in [0, 0.05) is 56.0 Å². The maximum Gasteiger partial charge on any atom is 0.227 e. The van der Waals surface area contributed by atoms with Gasteiger partial charge in [-0.25, -0.2) is 14.7 Å². The SMILES string of the molecule is C=C(/C=C\C(=C)S(O)(O)NC)C1=c2nc(Nc3cccc(N4CCN(CC)CC4)c3)ncc2=CCC1. The van der Waals surface area contributed by atoms with Gasteiger partial charge in [0.2, 0.25) is 5.95 Å². The Morgan fingerprint density at radius 2 is 1.94 bits per heavy atom. The molecule has 36 heavy (non-hydrogen) atoms. The molecule has 4 rings (SSSR count). The molecule has 0 bridgehead atoms. The molecule has 0 radical (unpaired) electrons. The van der Waals surface area contributed by atoms with Crippen molar-refractivity contribution in [3.63, 3.8) is 0 Å². The lowest BCUT2D eigenvalue weighted by molar-refractivity contribution is 0.271. The normalized spacial score (nSPS) is 17.0. The Hall–Kier alpha value is -2.95. The van der Waals surface area contributed by atoms with Crippen LogP contribution in [0.2, 0.25) is 0 Å².